The van der Waals surface area contributed by atoms with E-state index in [1.807, 2.05) is 24.3 Å². The zero-order chi connectivity index (χ0) is 22.6. The molecule has 1 saturated carbocycles. The highest BCUT2D eigenvalue weighted by Gasteiger charge is 2.29. The van der Waals surface area contributed by atoms with Gasteiger partial charge < -0.3 is 31.6 Å². The van der Waals surface area contributed by atoms with Gasteiger partial charge in [-0.2, -0.15) is 0 Å². The predicted octanol–water partition coefficient (Wildman–Crippen LogP) is 3.02. The number of nitrogens with zero attached hydrogens (tertiary/aromatic N) is 2. The van der Waals surface area contributed by atoms with Crippen molar-refractivity contribution in [1.82, 2.24) is 9.97 Å². The topological polar surface area (TPSA) is 120 Å². The van der Waals surface area contributed by atoms with Crippen LogP contribution in [0.1, 0.15) is 32.1 Å². The molecule has 0 unspecified atom stereocenters. The lowest BCUT2D eigenvalue weighted by molar-refractivity contribution is 0.0505. The molecular weight excluding hydrogens is 428 g/mol. The first-order valence-electron chi connectivity index (χ1n) is 11.2. The summed E-state index contributed by atoms with van der Waals surface area (Å²) in [5, 5.41) is 7.46. The largest absolute Gasteiger partial charge is 0.381 e. The van der Waals surface area contributed by atoms with Crippen LogP contribution in [0.25, 0.3) is 11.3 Å². The van der Waals surface area contributed by atoms with E-state index in [4.69, 9.17) is 37.5 Å². The smallest absolute Gasteiger partial charge is 0.126 e. The summed E-state index contributed by atoms with van der Waals surface area (Å²) >= 11 is 6.49. The van der Waals surface area contributed by atoms with E-state index in [-0.39, 0.29) is 23.7 Å². The Hall–Kier alpha value is -1.97. The third-order valence-electron chi connectivity index (χ3n) is 6.49. The number of ether oxygens (including phenoxy) is 2. The summed E-state index contributed by atoms with van der Waals surface area (Å²) in [7, 11) is 1.72. The van der Waals surface area contributed by atoms with Crippen molar-refractivity contribution in [2.75, 3.05) is 37.5 Å². The number of pyridine rings is 2. The van der Waals surface area contributed by atoms with Crippen LogP contribution in [-0.2, 0) is 9.47 Å². The number of methoxy groups -OCH3 is 1. The summed E-state index contributed by atoms with van der Waals surface area (Å²) in [5.41, 5.74) is 14.0. The Bertz CT molecular complexity index is 908. The highest BCUT2D eigenvalue weighted by Crippen LogP contribution is 2.30. The maximum atomic E-state index is 6.49. The Morgan fingerprint density at radius 3 is 2.84 bits per heavy atom. The number of hydrogen-bond acceptors (Lipinski definition) is 8. The van der Waals surface area contributed by atoms with Crippen LogP contribution < -0.4 is 22.1 Å². The zero-order valence-electron chi connectivity index (χ0n) is 18.5. The second-order valence-corrected chi connectivity index (χ2v) is 9.29. The van der Waals surface area contributed by atoms with Gasteiger partial charge in [0.05, 0.1) is 16.8 Å². The number of aromatic nitrogens is 2. The molecule has 8 nitrogen and oxygen atoms in total. The number of rotatable bonds is 7. The molecule has 1 aliphatic carbocycles. The van der Waals surface area contributed by atoms with Crippen LogP contribution in [-0.4, -0.2) is 60.6 Å². The van der Waals surface area contributed by atoms with E-state index in [1.165, 1.54) is 0 Å². The van der Waals surface area contributed by atoms with Gasteiger partial charge in [0, 0.05) is 56.3 Å². The molecule has 9 heteroatoms. The Balaban J connectivity index is 1.45. The molecule has 3 atom stereocenters. The van der Waals surface area contributed by atoms with Crippen molar-refractivity contribution in [1.29, 1.82) is 0 Å². The monoisotopic (exact) mass is 460 g/mol. The lowest BCUT2D eigenvalue weighted by Crippen LogP contribution is -2.50. The fraction of sp³-hybridized carbons (Fsp3) is 0.565. The van der Waals surface area contributed by atoms with Crippen LogP contribution in [0.3, 0.4) is 0 Å². The molecule has 0 aromatic carbocycles. The van der Waals surface area contributed by atoms with Gasteiger partial charge in [-0.15, -0.1) is 0 Å². The van der Waals surface area contributed by atoms with Crippen LogP contribution in [0.4, 0.5) is 11.6 Å². The van der Waals surface area contributed by atoms with Gasteiger partial charge in [0.1, 0.15) is 11.6 Å². The van der Waals surface area contributed by atoms with Crippen molar-refractivity contribution in [2.45, 2.75) is 55.8 Å². The first kappa shape index (κ1) is 23.2. The molecule has 1 aliphatic heterocycles. The van der Waals surface area contributed by atoms with E-state index >= 15 is 0 Å². The Labute approximate surface area is 194 Å². The van der Waals surface area contributed by atoms with Crippen LogP contribution in [0.5, 0.6) is 0 Å². The second kappa shape index (κ2) is 10.3. The molecule has 174 valence electrons. The first-order chi connectivity index (χ1) is 15.5. The number of hydrogen-bond donors (Lipinski definition) is 4. The summed E-state index contributed by atoms with van der Waals surface area (Å²) in [6.45, 7) is 2.05. The van der Waals surface area contributed by atoms with Crippen LogP contribution >= 0.6 is 11.6 Å². The second-order valence-electron chi connectivity index (χ2n) is 8.88. The van der Waals surface area contributed by atoms with Gasteiger partial charge in [-0.25, -0.2) is 9.97 Å². The van der Waals surface area contributed by atoms with E-state index in [9.17, 15) is 0 Å². The summed E-state index contributed by atoms with van der Waals surface area (Å²) in [4.78, 5) is 9.24. The van der Waals surface area contributed by atoms with E-state index < -0.39 is 0 Å². The average Bonchev–Trinajstić information content (AvgIpc) is 2.81. The number of nitrogens with one attached hydrogen (secondary N) is 2. The van der Waals surface area contributed by atoms with Crippen molar-refractivity contribution in [2.24, 2.45) is 11.5 Å². The third-order valence-corrected chi connectivity index (χ3v) is 6.79. The molecule has 2 aliphatic rings. The minimum atomic E-state index is -0.274. The van der Waals surface area contributed by atoms with Gasteiger partial charge in [-0.3, -0.25) is 0 Å². The predicted molar refractivity (Wildman–Crippen MR) is 128 cm³/mol. The standard InChI is InChI=1S/C23H33ClN6O2/c1-31-20-11-15(5-6-18(20)25)29-22-12-16(17(24)13-27-22)19-3-2-4-21(30-19)28-14-23(26)7-9-32-10-8-23/h2-4,12-13,15,18,20H,5-11,14,25-26H2,1H3,(H,27,29)(H,28,30)/t15-,18-,20-/m0/s1. The van der Waals surface area contributed by atoms with Gasteiger partial charge >= 0.3 is 0 Å². The lowest BCUT2D eigenvalue weighted by atomic mass is 9.89. The van der Waals surface area contributed by atoms with Gasteiger partial charge in [-0.05, 0) is 50.3 Å². The molecule has 0 bridgehead atoms. The summed E-state index contributed by atoms with van der Waals surface area (Å²) in [5.74, 6) is 1.54. The molecule has 0 spiro atoms. The molecular formula is C23H33ClN6O2. The van der Waals surface area contributed by atoms with E-state index in [1.54, 1.807) is 13.3 Å². The quantitative estimate of drug-likeness (QED) is 0.497. The Kier molecular flexibility index (Phi) is 7.48. The van der Waals surface area contributed by atoms with Crippen LogP contribution in [0.15, 0.2) is 30.5 Å². The van der Waals surface area contributed by atoms with Gasteiger partial charge in [-0.1, -0.05) is 17.7 Å². The van der Waals surface area contributed by atoms with E-state index in [0.717, 1.165) is 55.0 Å². The van der Waals surface area contributed by atoms with E-state index in [0.29, 0.717) is 24.8 Å². The molecule has 0 radical (unpaired) electrons. The molecule has 4 rings (SSSR count). The van der Waals surface area contributed by atoms with E-state index in [2.05, 4.69) is 15.6 Å². The number of nitrogens with two attached hydrogens (primary N) is 2. The van der Waals surface area contributed by atoms with Gasteiger partial charge in [0.15, 0.2) is 0 Å². The van der Waals surface area contributed by atoms with Crippen molar-refractivity contribution in [3.05, 3.63) is 35.5 Å². The summed E-state index contributed by atoms with van der Waals surface area (Å²) in [6, 6.07) is 8.14. The fourth-order valence-electron chi connectivity index (χ4n) is 4.38. The molecule has 3 heterocycles. The zero-order valence-corrected chi connectivity index (χ0v) is 19.3. The van der Waals surface area contributed by atoms with Crippen LogP contribution in [0, 0.1) is 0 Å². The molecule has 1 saturated heterocycles. The average molecular weight is 461 g/mol. The SMILES string of the molecule is CO[C@H]1C[C@@H](Nc2cc(-c3cccc(NCC4(N)CCOCC4)n3)c(Cl)cn2)CC[C@@H]1N. The highest BCUT2D eigenvalue weighted by atomic mass is 35.5. The van der Waals surface area contributed by atoms with Gasteiger partial charge in [0.2, 0.25) is 0 Å². The van der Waals surface area contributed by atoms with Gasteiger partial charge in [0.25, 0.3) is 0 Å². The lowest BCUT2D eigenvalue weighted by Gasteiger charge is -2.33. The minimum absolute atomic E-state index is 0.0546. The minimum Gasteiger partial charge on any atom is -0.381 e. The van der Waals surface area contributed by atoms with Crippen molar-refractivity contribution >= 4 is 23.2 Å². The van der Waals surface area contributed by atoms with Crippen molar-refractivity contribution in [3.63, 3.8) is 0 Å². The maximum Gasteiger partial charge on any atom is 0.126 e. The summed E-state index contributed by atoms with van der Waals surface area (Å²) < 4.78 is 11.0. The Morgan fingerprint density at radius 2 is 2.06 bits per heavy atom. The number of anilines is 2. The molecule has 2 fully saturated rings. The molecule has 2 aromatic heterocycles. The molecule has 32 heavy (non-hydrogen) atoms. The summed E-state index contributed by atoms with van der Waals surface area (Å²) in [6.07, 6.45) is 6.13. The number of halogens is 1. The fourth-order valence-corrected chi connectivity index (χ4v) is 4.58. The Morgan fingerprint density at radius 1 is 1.25 bits per heavy atom. The molecule has 2 aromatic rings. The van der Waals surface area contributed by atoms with Crippen molar-refractivity contribution in [3.8, 4) is 11.3 Å². The first-order valence-corrected chi connectivity index (χ1v) is 11.6. The van der Waals surface area contributed by atoms with Crippen molar-refractivity contribution < 1.29 is 9.47 Å². The highest BCUT2D eigenvalue weighted by molar-refractivity contribution is 6.33. The normalized spacial score (nSPS) is 25.3. The van der Waals surface area contributed by atoms with Crippen LogP contribution in [0.2, 0.25) is 5.02 Å². The molecule has 6 N–H and O–H groups in total. The molecule has 0 amide bonds. The third kappa shape index (κ3) is 5.68. The maximum absolute atomic E-state index is 6.49.